The normalized spacial score (nSPS) is 17.5. The summed E-state index contributed by atoms with van der Waals surface area (Å²) in [5.74, 6) is -0.956. The van der Waals surface area contributed by atoms with Crippen LogP contribution in [0.3, 0.4) is 0 Å². The van der Waals surface area contributed by atoms with E-state index in [2.05, 4.69) is 4.74 Å². The first-order valence-electron chi connectivity index (χ1n) is 4.21. The molecular formula is C7H14F3NO3S. The van der Waals surface area contributed by atoms with Gasteiger partial charge in [0.15, 0.2) is 6.10 Å². The highest BCUT2D eigenvalue weighted by Gasteiger charge is 2.37. The maximum absolute atomic E-state index is 12.0. The molecule has 4 nitrogen and oxygen atoms in total. The minimum Gasteiger partial charge on any atom is -0.369 e. The zero-order valence-electron chi connectivity index (χ0n) is 8.41. The lowest BCUT2D eigenvalue weighted by Crippen LogP contribution is -2.32. The largest absolute Gasteiger partial charge is 0.414 e. The van der Waals surface area contributed by atoms with E-state index < -0.39 is 34.0 Å². The summed E-state index contributed by atoms with van der Waals surface area (Å²) in [7, 11) is -3.67. The van der Waals surface area contributed by atoms with Crippen LogP contribution in [0.4, 0.5) is 13.2 Å². The topological polar surface area (TPSA) is 69.4 Å². The molecule has 15 heavy (non-hydrogen) atoms. The molecule has 0 aromatic heterocycles. The van der Waals surface area contributed by atoms with Crippen molar-refractivity contribution in [2.45, 2.75) is 26.1 Å². The number of ether oxygens (including phenoxy) is 1. The molecule has 0 spiro atoms. The number of halogens is 3. The number of primary sulfonamides is 1. The molecule has 8 heteroatoms. The summed E-state index contributed by atoms with van der Waals surface area (Å²) in [5.41, 5.74) is 0. The number of sulfonamides is 1. The lowest BCUT2D eigenvalue weighted by molar-refractivity contribution is -0.216. The Bertz CT molecular complexity index is 288. The van der Waals surface area contributed by atoms with Gasteiger partial charge < -0.3 is 4.74 Å². The van der Waals surface area contributed by atoms with Gasteiger partial charge in [-0.25, -0.2) is 13.6 Å². The van der Waals surface area contributed by atoms with Crippen molar-refractivity contribution < 1.29 is 26.3 Å². The van der Waals surface area contributed by atoms with E-state index in [9.17, 15) is 21.6 Å². The molecule has 0 fully saturated rings. The van der Waals surface area contributed by atoms with E-state index in [1.807, 2.05) is 0 Å². The van der Waals surface area contributed by atoms with Crippen LogP contribution in [0.1, 0.15) is 13.8 Å². The maximum Gasteiger partial charge on any atom is 0.414 e. The van der Waals surface area contributed by atoms with E-state index in [1.54, 1.807) is 0 Å². The van der Waals surface area contributed by atoms with Crippen LogP contribution in [0.15, 0.2) is 0 Å². The van der Waals surface area contributed by atoms with Gasteiger partial charge in [0.2, 0.25) is 10.0 Å². The minimum absolute atomic E-state index is 0.295. The zero-order chi connectivity index (χ0) is 12.3. The summed E-state index contributed by atoms with van der Waals surface area (Å²) in [5, 5.41) is 4.72. The molecule has 0 radical (unpaired) electrons. The first-order valence-corrected chi connectivity index (χ1v) is 5.92. The second-order valence-electron chi connectivity index (χ2n) is 3.45. The number of hydrogen-bond donors (Lipinski definition) is 1. The van der Waals surface area contributed by atoms with E-state index in [4.69, 9.17) is 5.14 Å². The Hall–Kier alpha value is -0.340. The molecule has 0 aromatic rings. The van der Waals surface area contributed by atoms with Gasteiger partial charge in [-0.05, 0) is 12.8 Å². The summed E-state index contributed by atoms with van der Waals surface area (Å²) in [4.78, 5) is 0. The fourth-order valence-corrected chi connectivity index (χ4v) is 1.74. The van der Waals surface area contributed by atoms with Crippen LogP contribution in [0.2, 0.25) is 0 Å². The average Bonchev–Trinajstić information content (AvgIpc) is 1.94. The molecule has 2 atom stereocenters. The van der Waals surface area contributed by atoms with Crippen LogP contribution in [-0.2, 0) is 14.8 Å². The highest BCUT2D eigenvalue weighted by atomic mass is 32.2. The van der Waals surface area contributed by atoms with E-state index in [-0.39, 0.29) is 6.61 Å². The van der Waals surface area contributed by atoms with Crippen molar-refractivity contribution >= 4 is 10.0 Å². The molecule has 92 valence electrons. The SMILES string of the molecule is CC(COC(C)C(F)(F)F)CS(N)(=O)=O. The third kappa shape index (κ3) is 7.57. The second-order valence-corrected chi connectivity index (χ2v) is 5.11. The lowest BCUT2D eigenvalue weighted by atomic mass is 10.2. The Morgan fingerprint density at radius 2 is 1.80 bits per heavy atom. The van der Waals surface area contributed by atoms with Crippen molar-refractivity contribution in [3.8, 4) is 0 Å². The Labute approximate surface area is 86.6 Å². The van der Waals surface area contributed by atoms with Gasteiger partial charge in [0.1, 0.15) is 0 Å². The zero-order valence-corrected chi connectivity index (χ0v) is 9.23. The molecule has 0 aliphatic heterocycles. The van der Waals surface area contributed by atoms with Crippen molar-refractivity contribution in [1.29, 1.82) is 0 Å². The first kappa shape index (κ1) is 14.7. The number of hydrogen-bond acceptors (Lipinski definition) is 3. The molecular weight excluding hydrogens is 235 g/mol. The minimum atomic E-state index is -4.43. The van der Waals surface area contributed by atoms with Gasteiger partial charge in [0.05, 0.1) is 12.4 Å². The second kappa shape index (κ2) is 5.13. The predicted octanol–water partition coefficient (Wildman–Crippen LogP) is 0.878. The van der Waals surface area contributed by atoms with Crippen LogP contribution < -0.4 is 5.14 Å². The summed E-state index contributed by atoms with van der Waals surface area (Å²) in [6, 6.07) is 0. The summed E-state index contributed by atoms with van der Waals surface area (Å²) in [6.07, 6.45) is -6.33. The Morgan fingerprint density at radius 1 is 1.33 bits per heavy atom. The molecule has 0 aliphatic carbocycles. The van der Waals surface area contributed by atoms with Gasteiger partial charge in [-0.3, -0.25) is 0 Å². The smallest absolute Gasteiger partial charge is 0.369 e. The van der Waals surface area contributed by atoms with Gasteiger partial charge in [-0.1, -0.05) is 6.92 Å². The van der Waals surface area contributed by atoms with Crippen LogP contribution in [-0.4, -0.2) is 33.1 Å². The Kier molecular flexibility index (Phi) is 5.01. The van der Waals surface area contributed by atoms with E-state index in [1.165, 1.54) is 6.92 Å². The first-order chi connectivity index (χ1) is 6.52. The fourth-order valence-electron chi connectivity index (χ4n) is 0.848. The van der Waals surface area contributed by atoms with Gasteiger partial charge in [0, 0.05) is 0 Å². The van der Waals surface area contributed by atoms with Gasteiger partial charge in [-0.2, -0.15) is 13.2 Å². The number of nitrogens with two attached hydrogens (primary N) is 1. The standard InChI is InChI=1S/C7H14F3NO3S/c1-5(4-15(11,12)13)3-14-6(2)7(8,9)10/h5-6H,3-4H2,1-2H3,(H2,11,12,13). The van der Waals surface area contributed by atoms with E-state index >= 15 is 0 Å². The highest BCUT2D eigenvalue weighted by Crippen LogP contribution is 2.22. The highest BCUT2D eigenvalue weighted by molar-refractivity contribution is 7.89. The van der Waals surface area contributed by atoms with Gasteiger partial charge in [0.25, 0.3) is 0 Å². The molecule has 0 heterocycles. The van der Waals surface area contributed by atoms with Crippen LogP contribution in [0, 0.1) is 5.92 Å². The molecule has 0 bridgehead atoms. The van der Waals surface area contributed by atoms with Crippen molar-refractivity contribution in [2.24, 2.45) is 11.1 Å². The Morgan fingerprint density at radius 3 is 2.13 bits per heavy atom. The van der Waals surface area contributed by atoms with Crippen LogP contribution in [0.25, 0.3) is 0 Å². The summed E-state index contributed by atoms with van der Waals surface area (Å²) < 4.78 is 61.5. The molecule has 2 unspecified atom stereocenters. The van der Waals surface area contributed by atoms with Crippen LogP contribution >= 0.6 is 0 Å². The monoisotopic (exact) mass is 249 g/mol. The lowest BCUT2D eigenvalue weighted by Gasteiger charge is -2.18. The molecule has 0 aliphatic rings. The van der Waals surface area contributed by atoms with E-state index in [0.29, 0.717) is 0 Å². The van der Waals surface area contributed by atoms with Crippen molar-refractivity contribution in [3.05, 3.63) is 0 Å². The van der Waals surface area contributed by atoms with Gasteiger partial charge in [-0.15, -0.1) is 0 Å². The Balaban J connectivity index is 3.97. The molecule has 0 amide bonds. The summed E-state index contributed by atoms with van der Waals surface area (Å²) in [6.45, 7) is 2.02. The maximum atomic E-state index is 12.0. The fraction of sp³-hybridized carbons (Fsp3) is 1.00. The van der Waals surface area contributed by atoms with Crippen LogP contribution in [0.5, 0.6) is 0 Å². The predicted molar refractivity (Wildman–Crippen MR) is 48.6 cm³/mol. The van der Waals surface area contributed by atoms with Crippen molar-refractivity contribution in [1.82, 2.24) is 0 Å². The molecule has 0 saturated carbocycles. The average molecular weight is 249 g/mol. The van der Waals surface area contributed by atoms with Gasteiger partial charge >= 0.3 is 6.18 Å². The molecule has 0 aromatic carbocycles. The van der Waals surface area contributed by atoms with Crippen molar-refractivity contribution in [3.63, 3.8) is 0 Å². The summed E-state index contributed by atoms with van der Waals surface area (Å²) >= 11 is 0. The quantitative estimate of drug-likeness (QED) is 0.786. The third-order valence-corrected chi connectivity index (χ3v) is 2.64. The van der Waals surface area contributed by atoms with Crippen molar-refractivity contribution in [2.75, 3.05) is 12.4 Å². The third-order valence-electron chi connectivity index (χ3n) is 1.61. The number of rotatable bonds is 5. The molecule has 0 rings (SSSR count). The number of alkyl halides is 3. The molecule has 0 saturated heterocycles. The molecule has 2 N–H and O–H groups in total. The van der Waals surface area contributed by atoms with E-state index in [0.717, 1.165) is 6.92 Å².